The van der Waals surface area contributed by atoms with Crippen LogP contribution in [0.15, 0.2) is 0 Å². The van der Waals surface area contributed by atoms with Crippen molar-refractivity contribution in [3.63, 3.8) is 0 Å². The van der Waals surface area contributed by atoms with Crippen molar-refractivity contribution in [1.29, 1.82) is 0 Å². The molecule has 1 N–H and O–H groups in total. The van der Waals surface area contributed by atoms with Crippen LogP contribution >= 0.6 is 0 Å². The van der Waals surface area contributed by atoms with Gasteiger partial charge in [0.25, 0.3) is 0 Å². The third-order valence-corrected chi connectivity index (χ3v) is 3.18. The molecule has 2 aliphatic carbocycles. The number of hydrogen-bond acceptors (Lipinski definition) is 3. The van der Waals surface area contributed by atoms with Gasteiger partial charge < -0.3 is 4.74 Å². The molecule has 0 saturated heterocycles. The van der Waals surface area contributed by atoms with Gasteiger partial charge in [-0.3, -0.25) is 10.1 Å². The highest BCUT2D eigenvalue weighted by Gasteiger charge is 2.45. The maximum atomic E-state index is 11.8. The molecule has 0 aromatic carbocycles. The van der Waals surface area contributed by atoms with E-state index >= 15 is 0 Å². The van der Waals surface area contributed by atoms with E-state index in [1.54, 1.807) is 0 Å². The van der Waals surface area contributed by atoms with Gasteiger partial charge in [0.1, 0.15) is 5.54 Å². The fourth-order valence-electron chi connectivity index (χ4n) is 2.27. The molecule has 0 bridgehead atoms. The molecule has 2 fully saturated rings. The first kappa shape index (κ1) is 9.97. The molecular formula is C11H19NO2. The summed E-state index contributed by atoms with van der Waals surface area (Å²) in [6.07, 6.45) is 6.67. The van der Waals surface area contributed by atoms with E-state index in [1.807, 2.05) is 6.92 Å². The van der Waals surface area contributed by atoms with Crippen molar-refractivity contribution in [3.8, 4) is 0 Å². The Morgan fingerprint density at radius 1 is 1.43 bits per heavy atom. The van der Waals surface area contributed by atoms with Gasteiger partial charge in [-0.25, -0.2) is 0 Å². The largest absolute Gasteiger partial charge is 0.465 e. The molecule has 3 heteroatoms. The highest BCUT2D eigenvalue weighted by atomic mass is 16.5. The van der Waals surface area contributed by atoms with Crippen LogP contribution in [-0.2, 0) is 9.53 Å². The summed E-state index contributed by atoms with van der Waals surface area (Å²) in [6, 6.07) is 0.581. The molecule has 0 heterocycles. The fraction of sp³-hybridized carbons (Fsp3) is 0.909. The van der Waals surface area contributed by atoms with E-state index in [0.29, 0.717) is 12.6 Å². The standard InChI is InChI=1S/C11H19NO2/c1-2-14-10(13)11(7-3-4-8-11)12-9-5-6-9/h9,12H,2-8H2,1H3. The zero-order chi connectivity index (χ0) is 10.0. The number of carbonyl (C=O) groups is 1. The fourth-order valence-corrected chi connectivity index (χ4v) is 2.27. The summed E-state index contributed by atoms with van der Waals surface area (Å²) in [5, 5.41) is 3.48. The number of hydrogen-bond donors (Lipinski definition) is 1. The van der Waals surface area contributed by atoms with E-state index in [1.165, 1.54) is 12.8 Å². The van der Waals surface area contributed by atoms with Gasteiger partial charge in [0.2, 0.25) is 0 Å². The normalized spacial score (nSPS) is 24.9. The van der Waals surface area contributed by atoms with Gasteiger partial charge in [-0.15, -0.1) is 0 Å². The van der Waals surface area contributed by atoms with E-state index in [2.05, 4.69) is 5.32 Å². The Labute approximate surface area is 85.2 Å². The lowest BCUT2D eigenvalue weighted by Crippen LogP contribution is -2.51. The van der Waals surface area contributed by atoms with Crippen molar-refractivity contribution >= 4 is 5.97 Å². The number of esters is 1. The molecule has 2 aliphatic rings. The minimum Gasteiger partial charge on any atom is -0.465 e. The Hall–Kier alpha value is -0.570. The SMILES string of the molecule is CCOC(=O)C1(NC2CC2)CCCC1. The summed E-state index contributed by atoms with van der Waals surface area (Å²) in [6.45, 7) is 2.37. The lowest BCUT2D eigenvalue weighted by Gasteiger charge is -2.27. The third kappa shape index (κ3) is 1.92. The molecule has 0 aromatic heterocycles. The zero-order valence-electron chi connectivity index (χ0n) is 8.84. The minimum atomic E-state index is -0.322. The lowest BCUT2D eigenvalue weighted by molar-refractivity contribution is -0.151. The second-order valence-electron chi connectivity index (χ2n) is 4.43. The predicted octanol–water partition coefficient (Wildman–Crippen LogP) is 1.61. The monoisotopic (exact) mass is 197 g/mol. The Morgan fingerprint density at radius 3 is 2.57 bits per heavy atom. The summed E-state index contributed by atoms with van der Waals surface area (Å²) in [7, 11) is 0. The Balaban J connectivity index is 1.99. The molecular weight excluding hydrogens is 178 g/mol. The molecule has 2 saturated carbocycles. The van der Waals surface area contributed by atoms with E-state index in [-0.39, 0.29) is 11.5 Å². The summed E-state index contributed by atoms with van der Waals surface area (Å²) in [4.78, 5) is 11.8. The summed E-state index contributed by atoms with van der Waals surface area (Å²) >= 11 is 0. The van der Waals surface area contributed by atoms with Gasteiger partial charge in [0, 0.05) is 6.04 Å². The average Bonchev–Trinajstić information content (AvgIpc) is 2.82. The highest BCUT2D eigenvalue weighted by Crippen LogP contribution is 2.34. The second-order valence-corrected chi connectivity index (χ2v) is 4.43. The Kier molecular flexibility index (Phi) is 2.77. The molecule has 80 valence electrons. The molecule has 0 atom stereocenters. The van der Waals surface area contributed by atoms with Crippen LogP contribution < -0.4 is 5.32 Å². The Morgan fingerprint density at radius 2 is 2.07 bits per heavy atom. The van der Waals surface area contributed by atoms with Gasteiger partial charge in [0.15, 0.2) is 0 Å². The van der Waals surface area contributed by atoms with Crippen LogP contribution in [0, 0.1) is 0 Å². The van der Waals surface area contributed by atoms with E-state index < -0.39 is 0 Å². The van der Waals surface area contributed by atoms with Crippen LogP contribution in [0.4, 0.5) is 0 Å². The highest BCUT2D eigenvalue weighted by molar-refractivity contribution is 5.81. The van der Waals surface area contributed by atoms with Crippen molar-refractivity contribution < 1.29 is 9.53 Å². The van der Waals surface area contributed by atoms with Crippen molar-refractivity contribution in [2.45, 2.75) is 57.0 Å². The van der Waals surface area contributed by atoms with Crippen LogP contribution in [0.5, 0.6) is 0 Å². The van der Waals surface area contributed by atoms with Crippen LogP contribution in [0.1, 0.15) is 45.4 Å². The van der Waals surface area contributed by atoms with Crippen LogP contribution in [0.25, 0.3) is 0 Å². The first-order chi connectivity index (χ1) is 6.77. The van der Waals surface area contributed by atoms with Gasteiger partial charge in [-0.1, -0.05) is 12.8 Å². The number of nitrogens with one attached hydrogen (secondary N) is 1. The molecule has 3 nitrogen and oxygen atoms in total. The molecule has 0 amide bonds. The molecule has 0 radical (unpaired) electrons. The number of carbonyl (C=O) groups excluding carboxylic acids is 1. The minimum absolute atomic E-state index is 0.0237. The van der Waals surface area contributed by atoms with Gasteiger partial charge >= 0.3 is 5.97 Å². The maximum Gasteiger partial charge on any atom is 0.326 e. The van der Waals surface area contributed by atoms with Crippen molar-refractivity contribution in [3.05, 3.63) is 0 Å². The molecule has 0 spiro atoms. The third-order valence-electron chi connectivity index (χ3n) is 3.18. The first-order valence-corrected chi connectivity index (χ1v) is 5.72. The van der Waals surface area contributed by atoms with Crippen LogP contribution in [-0.4, -0.2) is 24.2 Å². The average molecular weight is 197 g/mol. The molecule has 0 aromatic rings. The summed E-state index contributed by atoms with van der Waals surface area (Å²) in [5.74, 6) is -0.0237. The smallest absolute Gasteiger partial charge is 0.326 e. The predicted molar refractivity (Wildman–Crippen MR) is 54.0 cm³/mol. The maximum absolute atomic E-state index is 11.8. The number of rotatable bonds is 4. The lowest BCUT2D eigenvalue weighted by atomic mass is 9.97. The summed E-state index contributed by atoms with van der Waals surface area (Å²) in [5.41, 5.74) is -0.322. The van der Waals surface area contributed by atoms with Gasteiger partial charge in [-0.05, 0) is 32.6 Å². The van der Waals surface area contributed by atoms with Crippen molar-refractivity contribution in [2.24, 2.45) is 0 Å². The molecule has 0 unspecified atom stereocenters. The van der Waals surface area contributed by atoms with Crippen molar-refractivity contribution in [2.75, 3.05) is 6.61 Å². The van der Waals surface area contributed by atoms with Crippen LogP contribution in [0.2, 0.25) is 0 Å². The quantitative estimate of drug-likeness (QED) is 0.696. The Bertz CT molecular complexity index is 217. The topological polar surface area (TPSA) is 38.3 Å². The van der Waals surface area contributed by atoms with Crippen molar-refractivity contribution in [1.82, 2.24) is 5.32 Å². The van der Waals surface area contributed by atoms with E-state index in [4.69, 9.17) is 4.74 Å². The van der Waals surface area contributed by atoms with Crippen LogP contribution in [0.3, 0.4) is 0 Å². The van der Waals surface area contributed by atoms with Gasteiger partial charge in [-0.2, -0.15) is 0 Å². The first-order valence-electron chi connectivity index (χ1n) is 5.72. The molecule has 2 rings (SSSR count). The summed E-state index contributed by atoms with van der Waals surface area (Å²) < 4.78 is 5.16. The van der Waals surface area contributed by atoms with Gasteiger partial charge in [0.05, 0.1) is 6.61 Å². The van der Waals surface area contributed by atoms with E-state index in [0.717, 1.165) is 25.7 Å². The second kappa shape index (κ2) is 3.89. The zero-order valence-corrected chi connectivity index (χ0v) is 8.84. The molecule has 0 aliphatic heterocycles. The van der Waals surface area contributed by atoms with E-state index in [9.17, 15) is 4.79 Å². The number of ether oxygens (including phenoxy) is 1. The molecule has 14 heavy (non-hydrogen) atoms.